The molecule has 1 unspecified atom stereocenters. The van der Waals surface area contributed by atoms with Gasteiger partial charge in [-0.2, -0.15) is 0 Å². The van der Waals surface area contributed by atoms with Crippen molar-refractivity contribution in [2.45, 2.75) is 26.8 Å². The Morgan fingerprint density at radius 3 is 2.47 bits per heavy atom. The van der Waals surface area contributed by atoms with Gasteiger partial charge in [-0.15, -0.1) is 0 Å². The predicted molar refractivity (Wildman–Crippen MR) is 79.0 cm³/mol. The predicted octanol–water partition coefficient (Wildman–Crippen LogP) is 2.79. The molecule has 0 bridgehead atoms. The Labute approximate surface area is 114 Å². The summed E-state index contributed by atoms with van der Waals surface area (Å²) in [6.07, 6.45) is 0. The van der Waals surface area contributed by atoms with Gasteiger partial charge in [-0.05, 0) is 23.1 Å². The molecule has 0 aliphatic heterocycles. The highest BCUT2D eigenvalue weighted by atomic mass is 16.4. The van der Waals surface area contributed by atoms with Crippen LogP contribution in [0.15, 0.2) is 30.8 Å². The van der Waals surface area contributed by atoms with Crippen molar-refractivity contribution in [1.82, 2.24) is 5.32 Å². The molecule has 0 radical (unpaired) electrons. The summed E-state index contributed by atoms with van der Waals surface area (Å²) in [5.74, 6) is -0.856. The van der Waals surface area contributed by atoms with Gasteiger partial charge in [0.25, 0.3) is 0 Å². The molecule has 4 nitrogen and oxygen atoms in total. The molecular formula is C15H22N2O2. The first-order valence-corrected chi connectivity index (χ1v) is 6.22. The van der Waals surface area contributed by atoms with Crippen LogP contribution in [0.2, 0.25) is 0 Å². The van der Waals surface area contributed by atoms with E-state index in [0.717, 1.165) is 16.9 Å². The largest absolute Gasteiger partial charge is 0.480 e. The summed E-state index contributed by atoms with van der Waals surface area (Å²) in [4.78, 5) is 11.3. The maximum atomic E-state index is 11.3. The first-order valence-electron chi connectivity index (χ1n) is 6.22. The maximum Gasteiger partial charge on any atom is 0.326 e. The number of carboxylic acid groups (broad SMARTS) is 1. The Bertz CT molecular complexity index is 475. The lowest BCUT2D eigenvalue weighted by Crippen LogP contribution is -2.41. The molecule has 1 atom stereocenters. The summed E-state index contributed by atoms with van der Waals surface area (Å²) in [6.45, 7) is 9.59. The molecule has 1 aromatic rings. The molecule has 0 aliphatic carbocycles. The summed E-state index contributed by atoms with van der Waals surface area (Å²) in [7, 11) is 1.80. The number of hydrogen-bond acceptors (Lipinski definition) is 3. The van der Waals surface area contributed by atoms with Crippen molar-refractivity contribution in [2.75, 3.05) is 12.4 Å². The zero-order chi connectivity index (χ0) is 14.6. The Morgan fingerprint density at radius 1 is 1.37 bits per heavy atom. The van der Waals surface area contributed by atoms with Crippen molar-refractivity contribution in [3.8, 4) is 0 Å². The Morgan fingerprint density at radius 2 is 2.00 bits per heavy atom. The first-order chi connectivity index (χ1) is 8.75. The number of benzene rings is 1. The fourth-order valence-corrected chi connectivity index (χ4v) is 1.76. The Kier molecular flexibility index (Phi) is 4.59. The molecule has 104 valence electrons. The summed E-state index contributed by atoms with van der Waals surface area (Å²) in [5, 5.41) is 15.3. The average Bonchev–Trinajstić information content (AvgIpc) is 2.33. The lowest BCUT2D eigenvalue weighted by atomic mass is 9.86. The quantitative estimate of drug-likeness (QED) is 0.763. The maximum absolute atomic E-state index is 11.3. The van der Waals surface area contributed by atoms with Crippen molar-refractivity contribution in [3.63, 3.8) is 0 Å². The second-order valence-corrected chi connectivity index (χ2v) is 5.59. The molecule has 3 N–H and O–H groups in total. The third-order valence-electron chi connectivity index (χ3n) is 2.94. The zero-order valence-electron chi connectivity index (χ0n) is 11.9. The summed E-state index contributed by atoms with van der Waals surface area (Å²) < 4.78 is 0. The topological polar surface area (TPSA) is 61.4 Å². The van der Waals surface area contributed by atoms with Crippen molar-refractivity contribution in [1.29, 1.82) is 0 Å². The van der Waals surface area contributed by atoms with Crippen LogP contribution in [0.3, 0.4) is 0 Å². The second kappa shape index (κ2) is 5.78. The number of nitrogens with one attached hydrogen (secondary N) is 2. The zero-order valence-corrected chi connectivity index (χ0v) is 11.9. The molecule has 4 heteroatoms. The number of hydrogen-bond donors (Lipinski definition) is 3. The van der Waals surface area contributed by atoms with Crippen LogP contribution < -0.4 is 10.6 Å². The van der Waals surface area contributed by atoms with E-state index < -0.39 is 12.0 Å². The second-order valence-electron chi connectivity index (χ2n) is 5.59. The van der Waals surface area contributed by atoms with Gasteiger partial charge in [0, 0.05) is 18.4 Å². The highest BCUT2D eigenvalue weighted by Gasteiger charge is 2.31. The summed E-state index contributed by atoms with van der Waals surface area (Å²) >= 11 is 0. The van der Waals surface area contributed by atoms with E-state index in [1.165, 1.54) is 0 Å². The lowest BCUT2D eigenvalue weighted by Gasteiger charge is -2.28. The van der Waals surface area contributed by atoms with Gasteiger partial charge in [-0.1, -0.05) is 39.5 Å². The SMILES string of the molecule is C=C(NC)c1cccc(NC(C(=O)O)C(C)(C)C)c1. The molecule has 1 aromatic carbocycles. The van der Waals surface area contributed by atoms with E-state index in [4.69, 9.17) is 0 Å². The first kappa shape index (κ1) is 15.1. The fourth-order valence-electron chi connectivity index (χ4n) is 1.76. The molecule has 0 aliphatic rings. The van der Waals surface area contributed by atoms with Crippen LogP contribution in [0.4, 0.5) is 5.69 Å². The number of carbonyl (C=O) groups is 1. The van der Waals surface area contributed by atoms with Gasteiger partial charge in [-0.25, -0.2) is 4.79 Å². The van der Waals surface area contributed by atoms with Crippen LogP contribution in [0.1, 0.15) is 26.3 Å². The molecule has 0 saturated heterocycles. The third-order valence-corrected chi connectivity index (χ3v) is 2.94. The standard InChI is InChI=1S/C15H22N2O2/c1-10(16-5)11-7-6-8-12(9-11)17-13(14(18)19)15(2,3)4/h6-9,13,16-17H,1H2,2-5H3,(H,18,19). The fraction of sp³-hybridized carbons (Fsp3) is 0.400. The molecule has 0 amide bonds. The van der Waals surface area contributed by atoms with Crippen LogP contribution in [0, 0.1) is 5.41 Å². The van der Waals surface area contributed by atoms with Gasteiger partial charge in [0.05, 0.1) is 0 Å². The van der Waals surface area contributed by atoms with Gasteiger partial charge in [-0.3, -0.25) is 0 Å². The van der Waals surface area contributed by atoms with Crippen molar-refractivity contribution < 1.29 is 9.90 Å². The van der Waals surface area contributed by atoms with Crippen LogP contribution in [0.25, 0.3) is 5.70 Å². The van der Waals surface area contributed by atoms with Crippen LogP contribution in [0.5, 0.6) is 0 Å². The number of carboxylic acids is 1. The molecule has 0 saturated carbocycles. The van der Waals surface area contributed by atoms with Gasteiger partial charge in [0.1, 0.15) is 6.04 Å². The number of aliphatic carboxylic acids is 1. The number of rotatable bonds is 5. The molecule has 0 spiro atoms. The van der Waals surface area contributed by atoms with Gasteiger partial charge in [0.2, 0.25) is 0 Å². The lowest BCUT2D eigenvalue weighted by molar-refractivity contribution is -0.140. The third kappa shape index (κ3) is 4.02. The van der Waals surface area contributed by atoms with Gasteiger partial charge < -0.3 is 15.7 Å². The van der Waals surface area contributed by atoms with E-state index >= 15 is 0 Å². The average molecular weight is 262 g/mol. The molecular weight excluding hydrogens is 240 g/mol. The summed E-state index contributed by atoms with van der Waals surface area (Å²) in [6, 6.07) is 6.90. The Hall–Kier alpha value is -1.97. The van der Waals surface area contributed by atoms with Crippen LogP contribution >= 0.6 is 0 Å². The van der Waals surface area contributed by atoms with E-state index in [1.54, 1.807) is 7.05 Å². The highest BCUT2D eigenvalue weighted by Crippen LogP contribution is 2.24. The van der Waals surface area contributed by atoms with Crippen LogP contribution in [-0.2, 0) is 4.79 Å². The van der Waals surface area contributed by atoms with E-state index in [1.807, 2.05) is 45.0 Å². The minimum absolute atomic E-state index is 0.373. The van der Waals surface area contributed by atoms with E-state index in [-0.39, 0.29) is 5.41 Å². The minimum atomic E-state index is -0.856. The molecule has 0 aromatic heterocycles. The minimum Gasteiger partial charge on any atom is -0.480 e. The molecule has 19 heavy (non-hydrogen) atoms. The highest BCUT2D eigenvalue weighted by molar-refractivity contribution is 5.79. The number of anilines is 1. The normalized spacial score (nSPS) is 12.6. The molecule has 1 rings (SSSR count). The summed E-state index contributed by atoms with van der Waals surface area (Å²) in [5.41, 5.74) is 2.13. The van der Waals surface area contributed by atoms with Crippen LogP contribution in [-0.4, -0.2) is 24.2 Å². The van der Waals surface area contributed by atoms with E-state index in [2.05, 4.69) is 17.2 Å². The monoisotopic (exact) mass is 262 g/mol. The molecule has 0 heterocycles. The Balaban J connectivity index is 2.98. The van der Waals surface area contributed by atoms with E-state index in [0.29, 0.717) is 0 Å². The van der Waals surface area contributed by atoms with Gasteiger partial charge >= 0.3 is 5.97 Å². The van der Waals surface area contributed by atoms with Crippen molar-refractivity contribution in [2.24, 2.45) is 5.41 Å². The molecule has 0 fully saturated rings. The van der Waals surface area contributed by atoms with Crippen molar-refractivity contribution >= 4 is 17.4 Å². The van der Waals surface area contributed by atoms with Gasteiger partial charge in [0.15, 0.2) is 0 Å². The smallest absolute Gasteiger partial charge is 0.326 e. The van der Waals surface area contributed by atoms with E-state index in [9.17, 15) is 9.90 Å². The van der Waals surface area contributed by atoms with Crippen molar-refractivity contribution in [3.05, 3.63) is 36.4 Å².